The number of benzene rings is 3. The van der Waals surface area contributed by atoms with Crippen molar-refractivity contribution >= 4 is 30.1 Å². The van der Waals surface area contributed by atoms with E-state index in [0.717, 1.165) is 16.9 Å². The van der Waals surface area contributed by atoms with Gasteiger partial charge in [-0.15, -0.1) is 0 Å². The molecule has 0 unspecified atom stereocenters. The van der Waals surface area contributed by atoms with E-state index in [4.69, 9.17) is 4.99 Å². The fraction of sp³-hybridized carbons (Fsp3) is 0.120. The third-order valence-corrected chi connectivity index (χ3v) is 8.49. The molecule has 4 aromatic rings. The molecule has 3 aromatic carbocycles. The van der Waals surface area contributed by atoms with Crippen LogP contribution >= 0.6 is 7.44 Å². The summed E-state index contributed by atoms with van der Waals surface area (Å²) in [6.07, 6.45) is 0. The highest BCUT2D eigenvalue weighted by Crippen LogP contribution is 2.54. The first-order valence-electron chi connectivity index (χ1n) is 10.6. The van der Waals surface area contributed by atoms with Crippen LogP contribution in [0.5, 0.6) is 0 Å². The van der Waals surface area contributed by atoms with Gasteiger partial charge in [-0.1, -0.05) is 48.5 Å². The molecule has 0 saturated carbocycles. The SMILES string of the molecule is Cc1ccccc1N[P@@]1(=O)c2c(C)nn(-c3ccccc3)c2N=C(c2ccccc2F)N1C. The Morgan fingerprint density at radius 3 is 2.30 bits per heavy atom. The minimum atomic E-state index is -3.52. The molecular formula is C25H23FN5OP. The fourth-order valence-corrected chi connectivity index (χ4v) is 6.49. The third-order valence-electron chi connectivity index (χ3n) is 5.78. The Balaban J connectivity index is 1.79. The molecule has 2 heterocycles. The number of para-hydroxylation sites is 2. The summed E-state index contributed by atoms with van der Waals surface area (Å²) in [6.45, 7) is 3.77. The minimum Gasteiger partial charge on any atom is -0.316 e. The van der Waals surface area contributed by atoms with Gasteiger partial charge in [0.05, 0.1) is 16.9 Å². The van der Waals surface area contributed by atoms with E-state index in [0.29, 0.717) is 16.8 Å². The Bertz CT molecular complexity index is 1430. The molecule has 0 amide bonds. The number of nitrogens with zero attached hydrogens (tertiary/aromatic N) is 4. The van der Waals surface area contributed by atoms with E-state index in [2.05, 4.69) is 10.2 Å². The zero-order chi connectivity index (χ0) is 23.2. The first-order chi connectivity index (χ1) is 15.9. The Hall–Kier alpha value is -3.70. The summed E-state index contributed by atoms with van der Waals surface area (Å²) in [6, 6.07) is 23.6. The van der Waals surface area contributed by atoms with Crippen molar-refractivity contribution in [2.45, 2.75) is 13.8 Å². The van der Waals surface area contributed by atoms with Gasteiger partial charge in [0, 0.05) is 12.7 Å². The summed E-state index contributed by atoms with van der Waals surface area (Å²) >= 11 is 0. The van der Waals surface area contributed by atoms with Crippen LogP contribution in [0.15, 0.2) is 83.9 Å². The van der Waals surface area contributed by atoms with Crippen molar-refractivity contribution in [1.29, 1.82) is 0 Å². The van der Waals surface area contributed by atoms with Gasteiger partial charge < -0.3 is 5.09 Å². The van der Waals surface area contributed by atoms with Gasteiger partial charge in [0.25, 0.3) is 7.44 Å². The maximum atomic E-state index is 14.9. The van der Waals surface area contributed by atoms with Crippen LogP contribution in [-0.4, -0.2) is 27.3 Å². The number of hydrogen-bond donors (Lipinski definition) is 1. The molecule has 0 fully saturated rings. The maximum absolute atomic E-state index is 14.9. The molecule has 166 valence electrons. The summed E-state index contributed by atoms with van der Waals surface area (Å²) in [5, 5.41) is 8.48. The molecule has 0 spiro atoms. The van der Waals surface area contributed by atoms with Gasteiger partial charge in [-0.2, -0.15) is 5.10 Å². The summed E-state index contributed by atoms with van der Waals surface area (Å²) < 4.78 is 32.9. The number of halogens is 1. The van der Waals surface area contributed by atoms with Crippen LogP contribution in [0.25, 0.3) is 5.69 Å². The van der Waals surface area contributed by atoms with E-state index in [1.165, 1.54) is 6.07 Å². The molecule has 1 aliphatic rings. The van der Waals surface area contributed by atoms with Gasteiger partial charge >= 0.3 is 0 Å². The van der Waals surface area contributed by atoms with Crippen LogP contribution in [0.3, 0.4) is 0 Å². The molecule has 1 aliphatic heterocycles. The lowest BCUT2D eigenvalue weighted by atomic mass is 10.2. The quantitative estimate of drug-likeness (QED) is 0.405. The number of hydrogen-bond acceptors (Lipinski definition) is 3. The van der Waals surface area contributed by atoms with E-state index in [1.54, 1.807) is 34.6 Å². The normalized spacial score (nSPS) is 17.5. The smallest absolute Gasteiger partial charge is 0.296 e. The van der Waals surface area contributed by atoms with E-state index < -0.39 is 13.3 Å². The first kappa shape index (κ1) is 21.2. The molecule has 0 bridgehead atoms. The largest absolute Gasteiger partial charge is 0.316 e. The number of anilines is 1. The Morgan fingerprint density at radius 1 is 0.909 bits per heavy atom. The number of aromatic nitrogens is 2. The molecule has 8 heteroatoms. The standard InChI is InChI=1S/C25H23FN5OP/c1-17-11-7-10-16-22(17)29-33(32)23-18(2)28-31(19-12-5-4-6-13-19)25(23)27-24(30(33)3)20-14-8-9-15-21(20)26/h4-16H,1-3H3,(H,29,32)/t33-/m0/s1. The molecule has 33 heavy (non-hydrogen) atoms. The molecule has 0 aliphatic carbocycles. The zero-order valence-corrected chi connectivity index (χ0v) is 19.4. The van der Waals surface area contributed by atoms with Crippen molar-refractivity contribution in [3.63, 3.8) is 0 Å². The van der Waals surface area contributed by atoms with Gasteiger partial charge in [0.15, 0.2) is 5.82 Å². The highest BCUT2D eigenvalue weighted by molar-refractivity contribution is 7.72. The Labute approximate surface area is 191 Å². The Morgan fingerprint density at radius 2 is 1.58 bits per heavy atom. The van der Waals surface area contributed by atoms with Crippen LogP contribution in [0.4, 0.5) is 15.9 Å². The minimum absolute atomic E-state index is 0.274. The van der Waals surface area contributed by atoms with E-state index >= 15 is 0 Å². The first-order valence-corrected chi connectivity index (χ1v) is 12.2. The summed E-state index contributed by atoms with van der Waals surface area (Å²) in [5.41, 5.74) is 3.34. The second-order valence-electron chi connectivity index (χ2n) is 7.95. The van der Waals surface area contributed by atoms with Gasteiger partial charge in [0.1, 0.15) is 17.0 Å². The lowest BCUT2D eigenvalue weighted by Crippen LogP contribution is -2.37. The van der Waals surface area contributed by atoms with Crippen molar-refractivity contribution in [2.24, 2.45) is 4.99 Å². The topological polar surface area (TPSA) is 62.5 Å². The lowest BCUT2D eigenvalue weighted by Gasteiger charge is -2.35. The van der Waals surface area contributed by atoms with Crippen LogP contribution in [0, 0.1) is 19.7 Å². The van der Waals surface area contributed by atoms with Gasteiger partial charge in [-0.3, -0.25) is 9.24 Å². The van der Waals surface area contributed by atoms with Crippen molar-refractivity contribution in [1.82, 2.24) is 14.5 Å². The van der Waals surface area contributed by atoms with Crippen LogP contribution in [0.1, 0.15) is 16.8 Å². The zero-order valence-electron chi connectivity index (χ0n) is 18.5. The maximum Gasteiger partial charge on any atom is 0.296 e. The molecule has 1 N–H and O–H groups in total. The Kier molecular flexibility index (Phi) is 5.14. The van der Waals surface area contributed by atoms with Gasteiger partial charge in [-0.25, -0.2) is 14.1 Å². The van der Waals surface area contributed by atoms with Crippen LogP contribution < -0.4 is 10.4 Å². The van der Waals surface area contributed by atoms with Gasteiger partial charge in [-0.05, 0) is 49.7 Å². The number of rotatable bonds is 4. The second-order valence-corrected chi connectivity index (χ2v) is 10.4. The number of aliphatic imine (C=N–C) groups is 1. The highest BCUT2D eigenvalue weighted by atomic mass is 31.2. The number of nitrogens with one attached hydrogen (secondary N) is 1. The molecule has 1 aromatic heterocycles. The van der Waals surface area contributed by atoms with Gasteiger partial charge in [0.2, 0.25) is 0 Å². The molecular weight excluding hydrogens is 436 g/mol. The highest BCUT2D eigenvalue weighted by Gasteiger charge is 2.43. The van der Waals surface area contributed by atoms with E-state index in [1.807, 2.05) is 68.4 Å². The van der Waals surface area contributed by atoms with Crippen molar-refractivity contribution in [3.8, 4) is 5.69 Å². The van der Waals surface area contributed by atoms with Crippen LogP contribution in [-0.2, 0) is 4.57 Å². The molecule has 1 atom stereocenters. The summed E-state index contributed by atoms with van der Waals surface area (Å²) in [5.74, 6) is 0.276. The molecule has 5 rings (SSSR count). The lowest BCUT2D eigenvalue weighted by molar-refractivity contribution is 0.552. The number of fused-ring (bicyclic) bond motifs is 1. The average molecular weight is 459 g/mol. The summed E-state index contributed by atoms with van der Waals surface area (Å²) in [4.78, 5) is 4.80. The molecule has 6 nitrogen and oxygen atoms in total. The van der Waals surface area contributed by atoms with E-state index in [9.17, 15) is 8.96 Å². The third kappa shape index (κ3) is 3.45. The van der Waals surface area contributed by atoms with Crippen molar-refractivity contribution < 1.29 is 8.96 Å². The summed E-state index contributed by atoms with van der Waals surface area (Å²) in [7, 11) is -1.84. The molecule has 0 saturated heterocycles. The monoisotopic (exact) mass is 459 g/mol. The van der Waals surface area contributed by atoms with Crippen molar-refractivity contribution in [2.75, 3.05) is 12.1 Å². The average Bonchev–Trinajstić information content (AvgIpc) is 3.16. The van der Waals surface area contributed by atoms with E-state index in [-0.39, 0.29) is 11.4 Å². The number of aryl methyl sites for hydroxylation is 2. The predicted molar refractivity (Wildman–Crippen MR) is 131 cm³/mol. The predicted octanol–water partition coefficient (Wildman–Crippen LogP) is 5.58. The second kappa shape index (κ2) is 8.01. The fourth-order valence-electron chi connectivity index (χ4n) is 4.04. The molecule has 0 radical (unpaired) electrons. The number of amidine groups is 1. The van der Waals surface area contributed by atoms with Crippen LogP contribution in [0.2, 0.25) is 0 Å². The van der Waals surface area contributed by atoms with Crippen molar-refractivity contribution in [3.05, 3.63) is 102 Å².